The third-order valence-corrected chi connectivity index (χ3v) is 4.44. The van der Waals surface area contributed by atoms with Crippen molar-refractivity contribution in [2.24, 2.45) is 0 Å². The second-order valence-corrected chi connectivity index (χ2v) is 6.60. The molecule has 3 heteroatoms. The van der Waals surface area contributed by atoms with Crippen molar-refractivity contribution in [3.05, 3.63) is 35.4 Å². The van der Waals surface area contributed by atoms with Crippen LogP contribution in [0.3, 0.4) is 0 Å². The molecule has 21 heavy (non-hydrogen) atoms. The Balaban J connectivity index is 1.94. The molecule has 0 spiro atoms. The van der Waals surface area contributed by atoms with Gasteiger partial charge >= 0.3 is 0 Å². The van der Waals surface area contributed by atoms with Gasteiger partial charge < -0.3 is 10.6 Å². The van der Waals surface area contributed by atoms with Crippen molar-refractivity contribution in [1.29, 1.82) is 0 Å². The second kappa shape index (κ2) is 7.92. The van der Waals surface area contributed by atoms with Gasteiger partial charge in [-0.3, -0.25) is 4.90 Å². The van der Waals surface area contributed by atoms with E-state index in [9.17, 15) is 0 Å². The largest absolute Gasteiger partial charge is 0.313 e. The molecule has 3 nitrogen and oxygen atoms in total. The first-order valence-electron chi connectivity index (χ1n) is 8.37. The molecule has 0 fully saturated rings. The molecular formula is C18H31N3. The monoisotopic (exact) mass is 289 g/mol. The lowest BCUT2D eigenvalue weighted by Gasteiger charge is -2.31. The molecule has 0 aliphatic carbocycles. The Labute approximate surface area is 130 Å². The molecule has 0 saturated heterocycles. The molecule has 0 saturated carbocycles. The van der Waals surface area contributed by atoms with Gasteiger partial charge in [0.1, 0.15) is 0 Å². The van der Waals surface area contributed by atoms with Crippen molar-refractivity contribution < 1.29 is 0 Å². The molecule has 1 atom stereocenters. The third-order valence-electron chi connectivity index (χ3n) is 4.44. The molecular weight excluding hydrogens is 258 g/mol. The lowest BCUT2D eigenvalue weighted by Crippen LogP contribution is -2.42. The molecule has 118 valence electrons. The van der Waals surface area contributed by atoms with Crippen LogP contribution in [-0.4, -0.2) is 36.6 Å². The molecule has 1 unspecified atom stereocenters. The summed E-state index contributed by atoms with van der Waals surface area (Å²) in [5.74, 6) is 0. The molecule has 1 aliphatic rings. The molecule has 1 heterocycles. The van der Waals surface area contributed by atoms with E-state index in [0.717, 1.165) is 26.2 Å². The van der Waals surface area contributed by atoms with Gasteiger partial charge in [-0.15, -0.1) is 0 Å². The van der Waals surface area contributed by atoms with Gasteiger partial charge in [0, 0.05) is 37.8 Å². The highest BCUT2D eigenvalue weighted by Gasteiger charge is 2.18. The van der Waals surface area contributed by atoms with Crippen LogP contribution in [0.25, 0.3) is 0 Å². The van der Waals surface area contributed by atoms with Gasteiger partial charge in [0.25, 0.3) is 0 Å². The Bertz CT molecular complexity index is 420. The zero-order valence-electron chi connectivity index (χ0n) is 14.0. The average Bonchev–Trinajstić information content (AvgIpc) is 2.65. The maximum atomic E-state index is 3.78. The van der Waals surface area contributed by atoms with Crippen molar-refractivity contribution >= 4 is 0 Å². The number of fused-ring (bicyclic) bond motifs is 1. The first kappa shape index (κ1) is 16.5. The summed E-state index contributed by atoms with van der Waals surface area (Å²) in [7, 11) is 0. The van der Waals surface area contributed by atoms with E-state index in [4.69, 9.17) is 0 Å². The van der Waals surface area contributed by atoms with E-state index in [1.165, 1.54) is 17.5 Å². The lowest BCUT2D eigenvalue weighted by atomic mass is 9.99. The van der Waals surface area contributed by atoms with Crippen LogP contribution in [0, 0.1) is 0 Å². The predicted octanol–water partition coefficient (Wildman–Crippen LogP) is 2.93. The fourth-order valence-electron chi connectivity index (χ4n) is 3.35. The Morgan fingerprint density at radius 3 is 2.62 bits per heavy atom. The van der Waals surface area contributed by atoms with Gasteiger partial charge in [-0.1, -0.05) is 24.3 Å². The summed E-state index contributed by atoms with van der Waals surface area (Å²) in [6.07, 6.45) is 1.17. The number of benzene rings is 1. The van der Waals surface area contributed by atoms with Crippen LogP contribution < -0.4 is 10.6 Å². The number of rotatable bonds is 6. The van der Waals surface area contributed by atoms with E-state index in [0.29, 0.717) is 18.1 Å². The first-order chi connectivity index (χ1) is 10.1. The van der Waals surface area contributed by atoms with Crippen molar-refractivity contribution in [2.75, 3.05) is 19.6 Å². The van der Waals surface area contributed by atoms with E-state index in [1.54, 1.807) is 0 Å². The molecule has 0 amide bonds. The van der Waals surface area contributed by atoms with E-state index >= 15 is 0 Å². The SMILES string of the molecule is CC(C)N(CCNC1CCNCc2ccccc21)C(C)C. The minimum atomic E-state index is 0.484. The van der Waals surface area contributed by atoms with E-state index < -0.39 is 0 Å². The normalized spacial score (nSPS) is 19.1. The van der Waals surface area contributed by atoms with Crippen LogP contribution in [0.4, 0.5) is 0 Å². The molecule has 0 aromatic heterocycles. The summed E-state index contributed by atoms with van der Waals surface area (Å²) in [6.45, 7) is 13.4. The number of hydrogen-bond acceptors (Lipinski definition) is 3. The van der Waals surface area contributed by atoms with E-state index in [1.807, 2.05) is 0 Å². The van der Waals surface area contributed by atoms with Crippen molar-refractivity contribution in [3.8, 4) is 0 Å². The zero-order chi connectivity index (χ0) is 15.2. The Kier molecular flexibility index (Phi) is 6.22. The quantitative estimate of drug-likeness (QED) is 0.843. The number of nitrogens with zero attached hydrogens (tertiary/aromatic N) is 1. The van der Waals surface area contributed by atoms with Crippen LogP contribution in [0.15, 0.2) is 24.3 Å². The number of nitrogens with one attached hydrogen (secondary N) is 2. The van der Waals surface area contributed by atoms with Gasteiger partial charge in [-0.2, -0.15) is 0 Å². The highest BCUT2D eigenvalue weighted by Crippen LogP contribution is 2.23. The van der Waals surface area contributed by atoms with Crippen LogP contribution >= 0.6 is 0 Å². The highest BCUT2D eigenvalue weighted by atomic mass is 15.2. The first-order valence-corrected chi connectivity index (χ1v) is 8.37. The molecule has 2 rings (SSSR count). The second-order valence-electron chi connectivity index (χ2n) is 6.60. The smallest absolute Gasteiger partial charge is 0.0336 e. The van der Waals surface area contributed by atoms with E-state index in [-0.39, 0.29) is 0 Å². The minimum absolute atomic E-state index is 0.484. The van der Waals surface area contributed by atoms with Crippen molar-refractivity contribution in [1.82, 2.24) is 15.5 Å². The summed E-state index contributed by atoms with van der Waals surface area (Å²) in [5.41, 5.74) is 2.92. The summed E-state index contributed by atoms with van der Waals surface area (Å²) in [5, 5.41) is 7.29. The summed E-state index contributed by atoms with van der Waals surface area (Å²) >= 11 is 0. The summed E-state index contributed by atoms with van der Waals surface area (Å²) in [6, 6.07) is 10.5. The third kappa shape index (κ3) is 4.53. The topological polar surface area (TPSA) is 27.3 Å². The van der Waals surface area contributed by atoms with Crippen LogP contribution in [0.5, 0.6) is 0 Å². The fourth-order valence-corrected chi connectivity index (χ4v) is 3.35. The average molecular weight is 289 g/mol. The molecule has 1 aromatic rings. The van der Waals surface area contributed by atoms with Gasteiger partial charge in [0.2, 0.25) is 0 Å². The highest BCUT2D eigenvalue weighted by molar-refractivity contribution is 5.30. The maximum absolute atomic E-state index is 3.78. The van der Waals surface area contributed by atoms with Gasteiger partial charge in [0.05, 0.1) is 0 Å². The molecule has 0 radical (unpaired) electrons. The van der Waals surface area contributed by atoms with Gasteiger partial charge in [0.15, 0.2) is 0 Å². The van der Waals surface area contributed by atoms with Gasteiger partial charge in [-0.05, 0) is 51.8 Å². The van der Waals surface area contributed by atoms with Gasteiger partial charge in [-0.25, -0.2) is 0 Å². The summed E-state index contributed by atoms with van der Waals surface area (Å²) < 4.78 is 0. The summed E-state index contributed by atoms with van der Waals surface area (Å²) in [4.78, 5) is 2.55. The molecule has 1 aromatic carbocycles. The standard InChI is InChI=1S/C18H31N3/c1-14(2)21(15(3)4)12-11-20-18-9-10-19-13-16-7-5-6-8-17(16)18/h5-8,14-15,18-20H,9-13H2,1-4H3. The minimum Gasteiger partial charge on any atom is -0.313 e. The van der Waals surface area contributed by atoms with Crippen molar-refractivity contribution in [2.45, 2.75) is 58.8 Å². The Hall–Kier alpha value is -0.900. The zero-order valence-corrected chi connectivity index (χ0v) is 14.0. The van der Waals surface area contributed by atoms with E-state index in [2.05, 4.69) is 67.5 Å². The Morgan fingerprint density at radius 1 is 1.19 bits per heavy atom. The number of hydrogen-bond donors (Lipinski definition) is 2. The molecule has 1 aliphatic heterocycles. The van der Waals surface area contributed by atoms with Crippen LogP contribution in [0.2, 0.25) is 0 Å². The van der Waals surface area contributed by atoms with Crippen molar-refractivity contribution in [3.63, 3.8) is 0 Å². The van der Waals surface area contributed by atoms with Crippen LogP contribution in [0.1, 0.15) is 51.3 Å². The fraction of sp³-hybridized carbons (Fsp3) is 0.667. The predicted molar refractivity (Wildman–Crippen MR) is 90.5 cm³/mol. The molecule has 2 N–H and O–H groups in total. The Morgan fingerprint density at radius 2 is 1.90 bits per heavy atom. The maximum Gasteiger partial charge on any atom is 0.0336 e. The van der Waals surface area contributed by atoms with Crippen LogP contribution in [-0.2, 0) is 6.54 Å². The molecule has 0 bridgehead atoms. The lowest BCUT2D eigenvalue weighted by molar-refractivity contribution is 0.173.